The zero-order chi connectivity index (χ0) is 14.9. The van der Waals surface area contributed by atoms with Gasteiger partial charge >= 0.3 is 0 Å². The lowest BCUT2D eigenvalue weighted by molar-refractivity contribution is 0.599. The molecule has 1 aliphatic rings. The van der Waals surface area contributed by atoms with Gasteiger partial charge in [-0.15, -0.1) is 0 Å². The van der Waals surface area contributed by atoms with Crippen molar-refractivity contribution >= 4 is 21.4 Å². The molecule has 0 fully saturated rings. The predicted octanol–water partition coefficient (Wildman–Crippen LogP) is 3.15. The van der Waals surface area contributed by atoms with E-state index in [9.17, 15) is 8.42 Å². The van der Waals surface area contributed by atoms with E-state index in [0.717, 1.165) is 36.2 Å². The number of benzene rings is 2. The van der Waals surface area contributed by atoms with Crippen molar-refractivity contribution in [1.29, 1.82) is 0 Å². The lowest BCUT2D eigenvalue weighted by Gasteiger charge is -2.23. The molecular formula is C16H18N2O2S. The van der Waals surface area contributed by atoms with Gasteiger partial charge in [0, 0.05) is 17.9 Å². The zero-order valence-corrected chi connectivity index (χ0v) is 12.7. The summed E-state index contributed by atoms with van der Waals surface area (Å²) in [5.41, 5.74) is 3.53. The van der Waals surface area contributed by atoms with Crippen LogP contribution in [0, 0.1) is 6.92 Å². The minimum Gasteiger partial charge on any atom is -0.385 e. The summed E-state index contributed by atoms with van der Waals surface area (Å²) >= 11 is 0. The van der Waals surface area contributed by atoms with Crippen molar-refractivity contribution in [2.45, 2.75) is 24.7 Å². The van der Waals surface area contributed by atoms with Gasteiger partial charge in [0.05, 0.1) is 4.90 Å². The SMILES string of the molecule is Cc1ccc(S(=O)(=O)Nc2ccccc2)c2c1NCCC2. The van der Waals surface area contributed by atoms with Crippen LogP contribution in [0.5, 0.6) is 0 Å². The Hall–Kier alpha value is -2.01. The normalized spacial score (nSPS) is 14.1. The van der Waals surface area contributed by atoms with Crippen LogP contribution in [0.3, 0.4) is 0 Å². The van der Waals surface area contributed by atoms with E-state index < -0.39 is 10.0 Å². The van der Waals surface area contributed by atoms with Crippen LogP contribution in [0.4, 0.5) is 11.4 Å². The van der Waals surface area contributed by atoms with Crippen molar-refractivity contribution in [3.05, 3.63) is 53.6 Å². The fraction of sp³-hybridized carbons (Fsp3) is 0.250. The van der Waals surface area contributed by atoms with Crippen LogP contribution in [0.2, 0.25) is 0 Å². The molecule has 2 aromatic carbocycles. The molecule has 0 aromatic heterocycles. The van der Waals surface area contributed by atoms with E-state index in [1.807, 2.05) is 31.2 Å². The summed E-state index contributed by atoms with van der Waals surface area (Å²) < 4.78 is 27.9. The van der Waals surface area contributed by atoms with E-state index in [1.165, 1.54) is 0 Å². The Kier molecular flexibility index (Phi) is 3.59. The minimum absolute atomic E-state index is 0.374. The maximum absolute atomic E-state index is 12.6. The van der Waals surface area contributed by atoms with Gasteiger partial charge in [-0.1, -0.05) is 24.3 Å². The Balaban J connectivity index is 2.04. The van der Waals surface area contributed by atoms with Crippen molar-refractivity contribution in [2.24, 2.45) is 0 Å². The van der Waals surface area contributed by atoms with Gasteiger partial charge in [-0.25, -0.2) is 8.42 Å². The first-order chi connectivity index (χ1) is 10.1. The Morgan fingerprint density at radius 1 is 1.10 bits per heavy atom. The van der Waals surface area contributed by atoms with Crippen LogP contribution in [0.25, 0.3) is 0 Å². The molecule has 0 atom stereocenters. The molecule has 5 heteroatoms. The second-order valence-corrected chi connectivity index (χ2v) is 6.89. The van der Waals surface area contributed by atoms with Gasteiger partial charge in [-0.3, -0.25) is 4.72 Å². The molecule has 21 heavy (non-hydrogen) atoms. The van der Waals surface area contributed by atoms with Crippen LogP contribution in [0.1, 0.15) is 17.5 Å². The topological polar surface area (TPSA) is 58.2 Å². The maximum Gasteiger partial charge on any atom is 0.262 e. The van der Waals surface area contributed by atoms with Gasteiger partial charge in [0.1, 0.15) is 0 Å². The highest BCUT2D eigenvalue weighted by atomic mass is 32.2. The number of sulfonamides is 1. The second-order valence-electron chi connectivity index (χ2n) is 5.24. The molecule has 0 saturated heterocycles. The predicted molar refractivity (Wildman–Crippen MR) is 85.2 cm³/mol. The molecule has 0 bridgehead atoms. The molecule has 0 radical (unpaired) electrons. The first-order valence-corrected chi connectivity index (χ1v) is 8.50. The third kappa shape index (κ3) is 2.74. The summed E-state index contributed by atoms with van der Waals surface area (Å²) in [4.78, 5) is 0.374. The molecule has 1 aliphatic heterocycles. The number of aryl methyl sites for hydroxylation is 1. The van der Waals surface area contributed by atoms with Crippen molar-refractivity contribution in [3.63, 3.8) is 0 Å². The Labute approximate surface area is 125 Å². The van der Waals surface area contributed by atoms with Crippen LogP contribution in [-0.2, 0) is 16.4 Å². The standard InChI is InChI=1S/C16H18N2O2S/c1-12-9-10-15(14-8-5-11-17-16(12)14)21(19,20)18-13-6-3-2-4-7-13/h2-4,6-7,9-10,17-18H,5,8,11H2,1H3. The molecule has 0 amide bonds. The first-order valence-electron chi connectivity index (χ1n) is 7.02. The van der Waals surface area contributed by atoms with Crippen LogP contribution in [0.15, 0.2) is 47.4 Å². The van der Waals surface area contributed by atoms with Crippen molar-refractivity contribution in [2.75, 3.05) is 16.6 Å². The van der Waals surface area contributed by atoms with Gasteiger partial charge in [0.15, 0.2) is 0 Å². The largest absolute Gasteiger partial charge is 0.385 e. The zero-order valence-electron chi connectivity index (χ0n) is 11.9. The molecule has 0 spiro atoms. The molecule has 4 nitrogen and oxygen atoms in total. The summed E-state index contributed by atoms with van der Waals surface area (Å²) in [6.45, 7) is 2.89. The Morgan fingerprint density at radius 2 is 1.86 bits per heavy atom. The molecule has 0 unspecified atom stereocenters. The molecule has 0 saturated carbocycles. The highest BCUT2D eigenvalue weighted by Crippen LogP contribution is 2.32. The summed E-state index contributed by atoms with van der Waals surface area (Å²) in [7, 11) is -3.56. The first kappa shape index (κ1) is 13.9. The quantitative estimate of drug-likeness (QED) is 0.915. The third-order valence-corrected chi connectivity index (χ3v) is 5.17. The molecule has 1 heterocycles. The molecule has 110 valence electrons. The Morgan fingerprint density at radius 3 is 2.62 bits per heavy atom. The maximum atomic E-state index is 12.6. The van der Waals surface area contributed by atoms with Crippen molar-refractivity contribution in [1.82, 2.24) is 0 Å². The average Bonchev–Trinajstić information content (AvgIpc) is 2.48. The van der Waals surface area contributed by atoms with Gasteiger partial charge in [0.2, 0.25) is 0 Å². The average molecular weight is 302 g/mol. The number of rotatable bonds is 3. The molecule has 2 N–H and O–H groups in total. The molecular weight excluding hydrogens is 284 g/mol. The molecule has 0 aliphatic carbocycles. The summed E-state index contributed by atoms with van der Waals surface area (Å²) in [5, 5.41) is 3.32. The summed E-state index contributed by atoms with van der Waals surface area (Å²) in [6, 6.07) is 12.5. The lowest BCUT2D eigenvalue weighted by atomic mass is 10.00. The number of anilines is 2. The summed E-state index contributed by atoms with van der Waals surface area (Å²) in [5.74, 6) is 0. The monoisotopic (exact) mass is 302 g/mol. The van der Waals surface area contributed by atoms with Gasteiger partial charge in [-0.2, -0.15) is 0 Å². The Bertz CT molecular complexity index is 755. The van der Waals surface area contributed by atoms with Gasteiger partial charge < -0.3 is 5.32 Å². The number of hydrogen-bond acceptors (Lipinski definition) is 3. The van der Waals surface area contributed by atoms with Crippen LogP contribution >= 0.6 is 0 Å². The van der Waals surface area contributed by atoms with Gasteiger partial charge in [-0.05, 0) is 49.1 Å². The number of para-hydroxylation sites is 1. The van der Waals surface area contributed by atoms with E-state index in [2.05, 4.69) is 10.0 Å². The number of fused-ring (bicyclic) bond motifs is 1. The minimum atomic E-state index is -3.56. The fourth-order valence-electron chi connectivity index (χ4n) is 2.69. The van der Waals surface area contributed by atoms with E-state index >= 15 is 0 Å². The van der Waals surface area contributed by atoms with Gasteiger partial charge in [0.25, 0.3) is 10.0 Å². The lowest BCUT2D eigenvalue weighted by Crippen LogP contribution is -2.20. The van der Waals surface area contributed by atoms with E-state index in [0.29, 0.717) is 10.6 Å². The highest BCUT2D eigenvalue weighted by Gasteiger charge is 2.23. The van der Waals surface area contributed by atoms with E-state index in [1.54, 1.807) is 18.2 Å². The number of nitrogens with one attached hydrogen (secondary N) is 2. The third-order valence-electron chi connectivity index (χ3n) is 3.70. The van der Waals surface area contributed by atoms with Crippen LogP contribution in [-0.4, -0.2) is 15.0 Å². The smallest absolute Gasteiger partial charge is 0.262 e. The molecule has 3 rings (SSSR count). The van der Waals surface area contributed by atoms with Crippen molar-refractivity contribution in [3.8, 4) is 0 Å². The fourth-order valence-corrected chi connectivity index (χ4v) is 4.02. The second kappa shape index (κ2) is 5.41. The number of hydrogen-bond donors (Lipinski definition) is 2. The summed E-state index contributed by atoms with van der Waals surface area (Å²) in [6.07, 6.45) is 1.74. The molecule has 2 aromatic rings. The van der Waals surface area contributed by atoms with Crippen molar-refractivity contribution < 1.29 is 8.42 Å². The van der Waals surface area contributed by atoms with E-state index in [-0.39, 0.29) is 0 Å². The van der Waals surface area contributed by atoms with E-state index in [4.69, 9.17) is 0 Å². The highest BCUT2D eigenvalue weighted by molar-refractivity contribution is 7.92. The van der Waals surface area contributed by atoms with Crippen LogP contribution < -0.4 is 10.0 Å².